The number of nitrogens with one attached hydrogen (secondary N) is 1. The summed E-state index contributed by atoms with van der Waals surface area (Å²) in [5.41, 5.74) is 0.269. The van der Waals surface area contributed by atoms with E-state index >= 15 is 0 Å². The molecule has 2 rings (SSSR count). The highest BCUT2D eigenvalue weighted by molar-refractivity contribution is 7.99. The van der Waals surface area contributed by atoms with E-state index in [1.54, 1.807) is 0 Å². The maximum Gasteiger partial charge on any atom is 0.411 e. The van der Waals surface area contributed by atoms with Crippen molar-refractivity contribution >= 4 is 11.8 Å². The molecule has 3 unspecified atom stereocenters. The first-order valence-electron chi connectivity index (χ1n) is 7.78. The molecule has 0 radical (unpaired) electrons. The lowest BCUT2D eigenvalue weighted by Crippen LogP contribution is -2.52. The van der Waals surface area contributed by atoms with Gasteiger partial charge >= 0.3 is 6.18 Å². The summed E-state index contributed by atoms with van der Waals surface area (Å²) < 4.78 is 41.8. The van der Waals surface area contributed by atoms with E-state index in [1.165, 1.54) is 12.2 Å². The first-order chi connectivity index (χ1) is 9.76. The fourth-order valence-electron chi connectivity index (χ4n) is 3.15. The minimum Gasteiger partial charge on any atom is -0.369 e. The predicted molar refractivity (Wildman–Crippen MR) is 80.7 cm³/mol. The lowest BCUT2D eigenvalue weighted by Gasteiger charge is -2.42. The second-order valence-electron chi connectivity index (χ2n) is 6.94. The molecule has 2 nitrogen and oxygen atoms in total. The van der Waals surface area contributed by atoms with Crippen LogP contribution in [0.3, 0.4) is 0 Å². The van der Waals surface area contributed by atoms with E-state index in [1.807, 2.05) is 11.8 Å². The van der Waals surface area contributed by atoms with Gasteiger partial charge in [0.1, 0.15) is 6.61 Å². The molecule has 2 fully saturated rings. The zero-order valence-corrected chi connectivity index (χ0v) is 13.7. The number of ether oxygens (including phenoxy) is 1. The van der Waals surface area contributed by atoms with Crippen molar-refractivity contribution in [1.82, 2.24) is 5.32 Å². The van der Waals surface area contributed by atoms with Crippen molar-refractivity contribution < 1.29 is 17.9 Å². The highest BCUT2D eigenvalue weighted by Gasteiger charge is 2.36. The van der Waals surface area contributed by atoms with Crippen molar-refractivity contribution in [3.05, 3.63) is 0 Å². The SMILES string of the molecule is CC1(C)CCSCC1NC1CCCC(OCC(F)(F)F)C1. The van der Waals surface area contributed by atoms with Crippen molar-refractivity contribution in [3.63, 3.8) is 0 Å². The van der Waals surface area contributed by atoms with E-state index in [0.29, 0.717) is 18.5 Å². The molecule has 0 aromatic heterocycles. The molecule has 0 amide bonds. The number of rotatable bonds is 4. The van der Waals surface area contributed by atoms with Crippen LogP contribution in [0, 0.1) is 5.41 Å². The van der Waals surface area contributed by atoms with Gasteiger partial charge in [-0.3, -0.25) is 0 Å². The molecule has 0 aromatic carbocycles. The van der Waals surface area contributed by atoms with Gasteiger partial charge in [0.05, 0.1) is 6.10 Å². The summed E-state index contributed by atoms with van der Waals surface area (Å²) in [5, 5.41) is 3.69. The molecule has 1 saturated heterocycles. The fraction of sp³-hybridized carbons (Fsp3) is 1.00. The van der Waals surface area contributed by atoms with Gasteiger partial charge < -0.3 is 10.1 Å². The predicted octanol–water partition coefficient (Wildman–Crippen LogP) is 4.00. The third kappa shape index (κ3) is 5.64. The summed E-state index contributed by atoms with van der Waals surface area (Å²) in [6.45, 7) is 3.45. The van der Waals surface area contributed by atoms with Crippen LogP contribution in [0.1, 0.15) is 46.0 Å². The molecular weight excluding hydrogens is 299 g/mol. The minimum atomic E-state index is -4.22. The van der Waals surface area contributed by atoms with E-state index in [0.717, 1.165) is 25.0 Å². The largest absolute Gasteiger partial charge is 0.411 e. The Morgan fingerprint density at radius 3 is 2.71 bits per heavy atom. The van der Waals surface area contributed by atoms with Crippen molar-refractivity contribution in [3.8, 4) is 0 Å². The average molecular weight is 325 g/mol. The molecule has 1 aliphatic heterocycles. The second-order valence-corrected chi connectivity index (χ2v) is 8.09. The normalized spacial score (nSPS) is 33.9. The molecule has 21 heavy (non-hydrogen) atoms. The van der Waals surface area contributed by atoms with Crippen molar-refractivity contribution in [1.29, 1.82) is 0 Å². The van der Waals surface area contributed by atoms with Crippen LogP contribution in [0.2, 0.25) is 0 Å². The van der Waals surface area contributed by atoms with Crippen LogP contribution < -0.4 is 5.32 Å². The summed E-state index contributed by atoms with van der Waals surface area (Å²) in [6.07, 6.45) is 0.157. The number of hydrogen-bond donors (Lipinski definition) is 1. The maximum atomic E-state index is 12.2. The fourth-order valence-corrected chi connectivity index (χ4v) is 4.77. The molecule has 1 aliphatic carbocycles. The van der Waals surface area contributed by atoms with Crippen LogP contribution >= 0.6 is 11.8 Å². The van der Waals surface area contributed by atoms with Crippen molar-refractivity contribution in [2.75, 3.05) is 18.1 Å². The number of halogens is 3. The highest BCUT2D eigenvalue weighted by atomic mass is 32.2. The number of thioether (sulfide) groups is 1. The van der Waals surface area contributed by atoms with E-state index in [9.17, 15) is 13.2 Å². The Balaban J connectivity index is 1.81. The Kier molecular flexibility index (Phi) is 5.88. The van der Waals surface area contributed by atoms with E-state index in [4.69, 9.17) is 4.74 Å². The second kappa shape index (κ2) is 7.09. The first kappa shape index (κ1) is 17.4. The van der Waals surface area contributed by atoms with Gasteiger partial charge in [-0.1, -0.05) is 13.8 Å². The van der Waals surface area contributed by atoms with Gasteiger partial charge in [0.2, 0.25) is 0 Å². The lowest BCUT2D eigenvalue weighted by molar-refractivity contribution is -0.188. The quantitative estimate of drug-likeness (QED) is 0.844. The Hall–Kier alpha value is 0.0600. The molecule has 124 valence electrons. The topological polar surface area (TPSA) is 21.3 Å². The van der Waals surface area contributed by atoms with E-state index < -0.39 is 12.8 Å². The van der Waals surface area contributed by atoms with Crippen molar-refractivity contribution in [2.24, 2.45) is 5.41 Å². The monoisotopic (exact) mass is 325 g/mol. The molecule has 0 spiro atoms. The summed E-state index contributed by atoms with van der Waals surface area (Å²) >= 11 is 1.97. The van der Waals surface area contributed by atoms with Gasteiger partial charge in [-0.25, -0.2) is 0 Å². The van der Waals surface area contributed by atoms with Gasteiger partial charge in [-0.15, -0.1) is 0 Å². The van der Waals surface area contributed by atoms with Gasteiger partial charge in [0.25, 0.3) is 0 Å². The molecule has 1 heterocycles. The highest BCUT2D eigenvalue weighted by Crippen LogP contribution is 2.35. The van der Waals surface area contributed by atoms with Crippen LogP contribution in [-0.2, 0) is 4.74 Å². The average Bonchev–Trinajstić information content (AvgIpc) is 2.39. The van der Waals surface area contributed by atoms with Gasteiger partial charge in [-0.2, -0.15) is 24.9 Å². The Morgan fingerprint density at radius 1 is 1.29 bits per heavy atom. The Morgan fingerprint density at radius 2 is 2.05 bits per heavy atom. The summed E-state index contributed by atoms with van der Waals surface area (Å²) in [6, 6.07) is 0.738. The molecule has 0 aromatic rings. The van der Waals surface area contributed by atoms with Gasteiger partial charge in [0, 0.05) is 17.8 Å². The zero-order chi connectivity index (χ0) is 15.5. The summed E-state index contributed by atoms with van der Waals surface area (Å²) in [5.74, 6) is 2.30. The third-order valence-electron chi connectivity index (χ3n) is 4.66. The molecule has 0 bridgehead atoms. The van der Waals surface area contributed by atoms with Gasteiger partial charge in [-0.05, 0) is 43.3 Å². The molecular formula is C15H26F3NOS. The van der Waals surface area contributed by atoms with Gasteiger partial charge in [0.15, 0.2) is 0 Å². The standard InChI is InChI=1S/C15H26F3NOS/c1-14(2)6-7-21-9-13(14)19-11-4-3-5-12(8-11)20-10-15(16,17)18/h11-13,19H,3-10H2,1-2H3. The number of alkyl halides is 3. The zero-order valence-electron chi connectivity index (χ0n) is 12.8. The summed E-state index contributed by atoms with van der Waals surface area (Å²) in [7, 11) is 0. The van der Waals surface area contributed by atoms with Crippen LogP contribution in [0.15, 0.2) is 0 Å². The van der Waals surface area contributed by atoms with Crippen LogP contribution in [0.5, 0.6) is 0 Å². The maximum absolute atomic E-state index is 12.2. The van der Waals surface area contributed by atoms with E-state index in [-0.39, 0.29) is 11.5 Å². The summed E-state index contributed by atoms with van der Waals surface area (Å²) in [4.78, 5) is 0. The molecule has 1 N–H and O–H groups in total. The van der Waals surface area contributed by atoms with E-state index in [2.05, 4.69) is 19.2 Å². The smallest absolute Gasteiger partial charge is 0.369 e. The van der Waals surface area contributed by atoms with Crippen LogP contribution in [0.4, 0.5) is 13.2 Å². The van der Waals surface area contributed by atoms with Crippen LogP contribution in [0.25, 0.3) is 0 Å². The lowest BCUT2D eigenvalue weighted by atomic mass is 9.81. The van der Waals surface area contributed by atoms with Crippen LogP contribution in [-0.4, -0.2) is 42.5 Å². The Bertz CT molecular complexity index is 335. The molecule has 3 atom stereocenters. The number of hydrogen-bond acceptors (Lipinski definition) is 3. The third-order valence-corrected chi connectivity index (χ3v) is 5.73. The molecule has 1 saturated carbocycles. The molecule has 2 aliphatic rings. The van der Waals surface area contributed by atoms with Crippen molar-refractivity contribution in [2.45, 2.75) is 70.3 Å². The molecule has 6 heteroatoms. The first-order valence-corrected chi connectivity index (χ1v) is 8.94. The Labute approximate surface area is 129 Å². The minimum absolute atomic E-state index is 0.253.